The van der Waals surface area contributed by atoms with E-state index in [0.29, 0.717) is 11.5 Å². The maximum Gasteiger partial charge on any atom is 0.170 e. The number of nitrogens with two attached hydrogens (primary N) is 1. The van der Waals surface area contributed by atoms with Crippen LogP contribution in [0.3, 0.4) is 0 Å². The second-order valence-corrected chi connectivity index (χ2v) is 6.46. The number of nitrogens with one attached hydrogen (secondary N) is 1. The Hall–Kier alpha value is -1.55. The van der Waals surface area contributed by atoms with E-state index in [4.69, 9.17) is 10.9 Å². The zero-order valence-corrected chi connectivity index (χ0v) is 12.4. The maximum atomic E-state index is 8.83. The van der Waals surface area contributed by atoms with E-state index in [1.54, 1.807) is 0 Å². The molecule has 4 N–H and O–H groups in total. The molecule has 1 aromatic rings. The van der Waals surface area contributed by atoms with Gasteiger partial charge in [-0.2, -0.15) is 0 Å². The van der Waals surface area contributed by atoms with Crippen LogP contribution in [0.15, 0.2) is 29.4 Å². The lowest BCUT2D eigenvalue weighted by atomic mass is 9.75. The largest absolute Gasteiger partial charge is 0.409 e. The van der Waals surface area contributed by atoms with Crippen LogP contribution in [0.1, 0.15) is 50.7 Å². The Labute approximate surface area is 121 Å². The molecule has 0 heterocycles. The molecule has 0 radical (unpaired) electrons. The predicted molar refractivity (Wildman–Crippen MR) is 81.8 cm³/mol. The van der Waals surface area contributed by atoms with Gasteiger partial charge in [0.05, 0.1) is 0 Å². The van der Waals surface area contributed by atoms with E-state index in [-0.39, 0.29) is 5.84 Å². The first kappa shape index (κ1) is 14.9. The second-order valence-electron chi connectivity index (χ2n) is 6.46. The van der Waals surface area contributed by atoms with Crippen LogP contribution in [0.5, 0.6) is 0 Å². The molecule has 20 heavy (non-hydrogen) atoms. The monoisotopic (exact) mass is 275 g/mol. The van der Waals surface area contributed by atoms with Crippen molar-refractivity contribution in [3.8, 4) is 0 Å². The Morgan fingerprint density at radius 2 is 2.00 bits per heavy atom. The number of hydrogen-bond donors (Lipinski definition) is 3. The molecule has 0 bridgehead atoms. The molecule has 1 fully saturated rings. The maximum absolute atomic E-state index is 8.83. The standard InChI is InChI=1S/C16H25N3O/c1-16(2)9-7-13(8-10-16)18-11-12-5-3-4-6-14(12)15(17)19-20/h3-6,13,18,20H,7-11H2,1-2H3,(H2,17,19). The van der Waals surface area contributed by atoms with E-state index in [1.165, 1.54) is 25.7 Å². The first-order valence-corrected chi connectivity index (χ1v) is 7.31. The summed E-state index contributed by atoms with van der Waals surface area (Å²) in [7, 11) is 0. The van der Waals surface area contributed by atoms with Crippen molar-refractivity contribution in [2.45, 2.75) is 52.1 Å². The molecule has 1 aliphatic carbocycles. The van der Waals surface area contributed by atoms with E-state index in [9.17, 15) is 0 Å². The van der Waals surface area contributed by atoms with Crippen LogP contribution in [0.25, 0.3) is 0 Å². The number of rotatable bonds is 4. The van der Waals surface area contributed by atoms with E-state index in [0.717, 1.165) is 17.7 Å². The van der Waals surface area contributed by atoms with Gasteiger partial charge >= 0.3 is 0 Å². The Morgan fingerprint density at radius 3 is 2.65 bits per heavy atom. The Balaban J connectivity index is 1.95. The van der Waals surface area contributed by atoms with Crippen LogP contribution in [0, 0.1) is 5.41 Å². The van der Waals surface area contributed by atoms with Gasteiger partial charge in [-0.05, 0) is 36.7 Å². The Bertz CT molecular complexity index is 472. The lowest BCUT2D eigenvalue weighted by Gasteiger charge is -2.34. The van der Waals surface area contributed by atoms with Gasteiger partial charge in [-0.1, -0.05) is 43.3 Å². The van der Waals surface area contributed by atoms with E-state index >= 15 is 0 Å². The minimum atomic E-state index is 0.173. The summed E-state index contributed by atoms with van der Waals surface area (Å²) in [6.07, 6.45) is 4.98. The molecule has 0 amide bonds. The number of oxime groups is 1. The van der Waals surface area contributed by atoms with Gasteiger partial charge in [0.15, 0.2) is 5.84 Å². The third-order valence-electron chi connectivity index (χ3n) is 4.32. The Morgan fingerprint density at radius 1 is 1.35 bits per heavy atom. The van der Waals surface area contributed by atoms with Gasteiger partial charge in [0.1, 0.15) is 0 Å². The summed E-state index contributed by atoms with van der Waals surface area (Å²) >= 11 is 0. The average Bonchev–Trinajstić information content (AvgIpc) is 2.45. The van der Waals surface area contributed by atoms with Crippen LogP contribution >= 0.6 is 0 Å². The lowest BCUT2D eigenvalue weighted by Crippen LogP contribution is -2.35. The van der Waals surface area contributed by atoms with Gasteiger partial charge in [-0.15, -0.1) is 0 Å². The molecule has 110 valence electrons. The van der Waals surface area contributed by atoms with Crippen molar-refractivity contribution < 1.29 is 5.21 Å². The van der Waals surface area contributed by atoms with Gasteiger partial charge in [-0.3, -0.25) is 0 Å². The Kier molecular flexibility index (Phi) is 4.65. The molecule has 0 atom stereocenters. The predicted octanol–water partition coefficient (Wildman–Crippen LogP) is 2.84. The topological polar surface area (TPSA) is 70.6 Å². The summed E-state index contributed by atoms with van der Waals surface area (Å²) in [5, 5.41) is 15.5. The summed E-state index contributed by atoms with van der Waals surface area (Å²) in [5.74, 6) is 0.173. The third-order valence-corrected chi connectivity index (χ3v) is 4.32. The highest BCUT2D eigenvalue weighted by Gasteiger charge is 2.26. The average molecular weight is 275 g/mol. The smallest absolute Gasteiger partial charge is 0.170 e. The van der Waals surface area contributed by atoms with Crippen molar-refractivity contribution in [2.24, 2.45) is 16.3 Å². The summed E-state index contributed by atoms with van der Waals surface area (Å²) in [6, 6.07) is 8.36. The molecule has 1 aliphatic rings. The number of nitrogens with zero attached hydrogens (tertiary/aromatic N) is 1. The van der Waals surface area contributed by atoms with Gasteiger partial charge in [0, 0.05) is 18.2 Å². The fraction of sp³-hybridized carbons (Fsp3) is 0.562. The van der Waals surface area contributed by atoms with Crippen molar-refractivity contribution in [3.05, 3.63) is 35.4 Å². The number of benzene rings is 1. The first-order valence-electron chi connectivity index (χ1n) is 7.31. The molecule has 0 spiro atoms. The summed E-state index contributed by atoms with van der Waals surface area (Å²) in [5.41, 5.74) is 8.08. The highest BCUT2D eigenvalue weighted by molar-refractivity contribution is 5.98. The van der Waals surface area contributed by atoms with Crippen LogP contribution in [0.4, 0.5) is 0 Å². The quantitative estimate of drug-likeness (QED) is 0.342. The van der Waals surface area contributed by atoms with Gasteiger partial charge in [-0.25, -0.2) is 0 Å². The summed E-state index contributed by atoms with van der Waals surface area (Å²) in [6.45, 7) is 5.45. The molecule has 0 saturated heterocycles. The highest BCUT2D eigenvalue weighted by atomic mass is 16.4. The van der Waals surface area contributed by atoms with Crippen molar-refractivity contribution in [1.29, 1.82) is 0 Å². The summed E-state index contributed by atoms with van der Waals surface area (Å²) in [4.78, 5) is 0. The van der Waals surface area contributed by atoms with Crippen LogP contribution in [-0.2, 0) is 6.54 Å². The van der Waals surface area contributed by atoms with Crippen molar-refractivity contribution in [2.75, 3.05) is 0 Å². The minimum absolute atomic E-state index is 0.173. The molecule has 0 unspecified atom stereocenters. The van der Waals surface area contributed by atoms with Crippen LogP contribution in [-0.4, -0.2) is 17.1 Å². The van der Waals surface area contributed by atoms with Crippen molar-refractivity contribution in [3.63, 3.8) is 0 Å². The van der Waals surface area contributed by atoms with Gasteiger partial charge in [0.2, 0.25) is 0 Å². The normalized spacial score (nSPS) is 20.0. The fourth-order valence-electron chi connectivity index (χ4n) is 2.84. The molecule has 1 aromatic carbocycles. The van der Waals surface area contributed by atoms with Gasteiger partial charge < -0.3 is 16.3 Å². The second kappa shape index (κ2) is 6.27. The molecule has 0 aromatic heterocycles. The highest BCUT2D eigenvalue weighted by Crippen LogP contribution is 2.35. The van der Waals surface area contributed by atoms with Gasteiger partial charge in [0.25, 0.3) is 0 Å². The lowest BCUT2D eigenvalue weighted by molar-refractivity contribution is 0.206. The third kappa shape index (κ3) is 3.73. The van der Waals surface area contributed by atoms with Crippen molar-refractivity contribution >= 4 is 5.84 Å². The van der Waals surface area contributed by atoms with Crippen LogP contribution < -0.4 is 11.1 Å². The molecule has 2 rings (SSSR count). The zero-order valence-electron chi connectivity index (χ0n) is 12.4. The molecule has 4 heteroatoms. The molecule has 4 nitrogen and oxygen atoms in total. The van der Waals surface area contributed by atoms with E-state index in [1.807, 2.05) is 24.3 Å². The number of hydrogen-bond acceptors (Lipinski definition) is 3. The fourth-order valence-corrected chi connectivity index (χ4v) is 2.84. The summed E-state index contributed by atoms with van der Waals surface area (Å²) < 4.78 is 0. The molecular weight excluding hydrogens is 250 g/mol. The van der Waals surface area contributed by atoms with E-state index < -0.39 is 0 Å². The van der Waals surface area contributed by atoms with Crippen molar-refractivity contribution in [1.82, 2.24) is 5.32 Å². The van der Waals surface area contributed by atoms with E-state index in [2.05, 4.69) is 24.3 Å². The molecule has 1 saturated carbocycles. The number of amidine groups is 1. The van der Waals surface area contributed by atoms with Crippen LogP contribution in [0.2, 0.25) is 0 Å². The SMILES string of the molecule is CC1(C)CCC(NCc2ccccc2C(N)=NO)CC1. The molecular formula is C16H25N3O. The minimum Gasteiger partial charge on any atom is -0.409 e. The molecule has 0 aliphatic heterocycles. The first-order chi connectivity index (χ1) is 9.52. The zero-order chi connectivity index (χ0) is 14.6.